The van der Waals surface area contributed by atoms with E-state index in [1.165, 1.54) is 0 Å². The van der Waals surface area contributed by atoms with Crippen LogP contribution in [0.1, 0.15) is 12.2 Å². The lowest BCUT2D eigenvalue weighted by Gasteiger charge is -2.23. The van der Waals surface area contributed by atoms with E-state index in [0.717, 1.165) is 17.9 Å². The van der Waals surface area contributed by atoms with Crippen molar-refractivity contribution in [3.63, 3.8) is 0 Å². The van der Waals surface area contributed by atoms with Gasteiger partial charge >= 0.3 is 0 Å². The average molecular weight is 345 g/mol. The molecule has 0 bridgehead atoms. The Morgan fingerprint density at radius 3 is 3.08 bits per heavy atom. The first-order valence-corrected chi connectivity index (χ1v) is 8.33. The minimum absolute atomic E-state index is 0.0421. The van der Waals surface area contributed by atoms with E-state index in [2.05, 4.69) is 15.2 Å². The number of furan rings is 1. The van der Waals surface area contributed by atoms with Gasteiger partial charge in [-0.05, 0) is 30.7 Å². The maximum Gasteiger partial charge on any atom is 0.234 e. The van der Waals surface area contributed by atoms with Crippen molar-refractivity contribution in [1.29, 1.82) is 0 Å². The van der Waals surface area contributed by atoms with Crippen LogP contribution in [0.3, 0.4) is 0 Å². The molecule has 2 atom stereocenters. The average Bonchev–Trinajstić information content (AvgIpc) is 3.29. The molecule has 0 unspecified atom stereocenters. The second-order valence-electron chi connectivity index (χ2n) is 6.03. The first kappa shape index (κ1) is 17.4. The lowest BCUT2D eigenvalue weighted by Crippen LogP contribution is -2.42. The Bertz CT molecular complexity index is 648. The molecule has 1 aliphatic heterocycles. The van der Waals surface area contributed by atoms with Crippen LogP contribution in [-0.4, -0.2) is 54.7 Å². The van der Waals surface area contributed by atoms with Gasteiger partial charge < -0.3 is 19.2 Å². The number of carbonyl (C=O) groups excluding carboxylic acids is 1. The van der Waals surface area contributed by atoms with Crippen molar-refractivity contribution in [3.8, 4) is 5.75 Å². The van der Waals surface area contributed by atoms with Crippen LogP contribution in [0.15, 0.2) is 47.3 Å². The Labute approximate surface area is 146 Å². The molecule has 0 spiro atoms. The van der Waals surface area contributed by atoms with Gasteiger partial charge in [0.05, 0.1) is 31.7 Å². The Morgan fingerprint density at radius 2 is 2.36 bits per heavy atom. The molecule has 7 heteroatoms. The van der Waals surface area contributed by atoms with Crippen LogP contribution in [0.25, 0.3) is 0 Å². The fraction of sp³-hybridized carbons (Fsp3) is 0.444. The summed E-state index contributed by atoms with van der Waals surface area (Å²) in [6, 6.07) is 7.47. The van der Waals surface area contributed by atoms with Crippen LogP contribution in [0.5, 0.6) is 5.75 Å². The van der Waals surface area contributed by atoms with Crippen molar-refractivity contribution in [2.24, 2.45) is 0 Å². The maximum absolute atomic E-state index is 12.2. The van der Waals surface area contributed by atoms with Gasteiger partial charge in [-0.25, -0.2) is 0 Å². The second-order valence-corrected chi connectivity index (χ2v) is 6.03. The number of rotatable bonds is 8. The summed E-state index contributed by atoms with van der Waals surface area (Å²) in [4.78, 5) is 18.4. The molecule has 1 saturated heterocycles. The van der Waals surface area contributed by atoms with E-state index in [-0.39, 0.29) is 18.1 Å². The number of nitrogens with zero attached hydrogens (tertiary/aromatic N) is 2. The monoisotopic (exact) mass is 345 g/mol. The van der Waals surface area contributed by atoms with E-state index < -0.39 is 0 Å². The van der Waals surface area contributed by atoms with Gasteiger partial charge in [0, 0.05) is 25.9 Å². The van der Waals surface area contributed by atoms with E-state index in [9.17, 15) is 4.79 Å². The molecule has 0 aromatic carbocycles. The summed E-state index contributed by atoms with van der Waals surface area (Å²) in [5.41, 5.74) is 0. The third-order valence-electron chi connectivity index (χ3n) is 4.29. The van der Waals surface area contributed by atoms with Gasteiger partial charge in [-0.15, -0.1) is 0 Å². The molecule has 1 fully saturated rings. The number of pyridine rings is 1. The molecule has 1 aliphatic rings. The largest absolute Gasteiger partial charge is 0.490 e. The molecule has 2 aromatic rings. The number of hydrogen-bond donors (Lipinski definition) is 1. The highest BCUT2D eigenvalue weighted by atomic mass is 16.5. The maximum atomic E-state index is 12.2. The van der Waals surface area contributed by atoms with Crippen LogP contribution in [0.2, 0.25) is 0 Å². The zero-order chi connectivity index (χ0) is 17.5. The topological polar surface area (TPSA) is 76.8 Å². The first-order chi connectivity index (χ1) is 12.2. The minimum atomic E-state index is -0.0421. The van der Waals surface area contributed by atoms with Crippen LogP contribution in [-0.2, 0) is 16.1 Å². The fourth-order valence-electron chi connectivity index (χ4n) is 2.94. The Morgan fingerprint density at radius 1 is 1.44 bits per heavy atom. The number of amides is 1. The zero-order valence-corrected chi connectivity index (χ0v) is 14.3. The molecule has 0 saturated carbocycles. The zero-order valence-electron chi connectivity index (χ0n) is 14.3. The third-order valence-corrected chi connectivity index (χ3v) is 4.29. The summed E-state index contributed by atoms with van der Waals surface area (Å²) in [7, 11) is 1.70. The van der Waals surface area contributed by atoms with Gasteiger partial charge in [0.25, 0.3) is 0 Å². The van der Waals surface area contributed by atoms with Gasteiger partial charge in [0.2, 0.25) is 5.91 Å². The molecule has 2 aromatic heterocycles. The fourth-order valence-corrected chi connectivity index (χ4v) is 2.94. The predicted octanol–water partition coefficient (Wildman–Crippen LogP) is 1.46. The van der Waals surface area contributed by atoms with Crippen molar-refractivity contribution in [3.05, 3.63) is 48.7 Å². The first-order valence-electron chi connectivity index (χ1n) is 8.33. The molecule has 1 N–H and O–H groups in total. The second kappa shape index (κ2) is 8.64. The summed E-state index contributed by atoms with van der Waals surface area (Å²) < 4.78 is 16.5. The molecule has 25 heavy (non-hydrogen) atoms. The van der Waals surface area contributed by atoms with Crippen molar-refractivity contribution in [2.75, 3.05) is 26.8 Å². The normalized spacial score (nSPS) is 20.5. The van der Waals surface area contributed by atoms with Gasteiger partial charge in [-0.2, -0.15) is 0 Å². The molecule has 7 nitrogen and oxygen atoms in total. The van der Waals surface area contributed by atoms with Crippen LogP contribution in [0.4, 0.5) is 0 Å². The van der Waals surface area contributed by atoms with E-state index in [1.54, 1.807) is 31.8 Å². The number of methoxy groups -OCH3 is 1. The number of nitrogens with one attached hydrogen (secondary N) is 1. The minimum Gasteiger partial charge on any atom is -0.490 e. The van der Waals surface area contributed by atoms with Crippen molar-refractivity contribution in [2.45, 2.75) is 25.1 Å². The van der Waals surface area contributed by atoms with Crippen LogP contribution >= 0.6 is 0 Å². The van der Waals surface area contributed by atoms with Gasteiger partial charge in [-0.1, -0.05) is 0 Å². The standard InChI is InChI=1S/C18H23N3O4/c1-23-17-8-14(13-25-15-4-2-6-19-9-15)21(11-17)12-18(22)20-10-16-5-3-7-24-16/h2-7,9,14,17H,8,10-13H2,1H3,(H,20,22)/t14-,17+/m0/s1. The Hall–Kier alpha value is -2.38. The summed E-state index contributed by atoms with van der Waals surface area (Å²) in [6.45, 7) is 1.91. The smallest absolute Gasteiger partial charge is 0.234 e. The summed E-state index contributed by atoms with van der Waals surface area (Å²) in [5, 5.41) is 2.87. The number of hydrogen-bond acceptors (Lipinski definition) is 6. The molecule has 0 aliphatic carbocycles. The van der Waals surface area contributed by atoms with Gasteiger partial charge in [-0.3, -0.25) is 14.7 Å². The molecule has 134 valence electrons. The summed E-state index contributed by atoms with van der Waals surface area (Å²) >= 11 is 0. The van der Waals surface area contributed by atoms with Crippen molar-refractivity contribution >= 4 is 5.91 Å². The number of aromatic nitrogens is 1. The quantitative estimate of drug-likeness (QED) is 0.780. The lowest BCUT2D eigenvalue weighted by molar-refractivity contribution is -0.122. The Balaban J connectivity index is 1.50. The lowest BCUT2D eigenvalue weighted by atomic mass is 10.2. The van der Waals surface area contributed by atoms with E-state index in [1.807, 2.05) is 18.2 Å². The molecule has 1 amide bonds. The molecular formula is C18H23N3O4. The number of ether oxygens (including phenoxy) is 2. The third kappa shape index (κ3) is 5.04. The van der Waals surface area contributed by atoms with Crippen LogP contribution in [0, 0.1) is 0 Å². The highest BCUT2D eigenvalue weighted by molar-refractivity contribution is 5.78. The van der Waals surface area contributed by atoms with Crippen LogP contribution < -0.4 is 10.1 Å². The molecule has 0 radical (unpaired) electrons. The SMILES string of the molecule is CO[C@@H]1C[C@@H](COc2cccnc2)N(CC(=O)NCc2ccco2)C1. The van der Waals surface area contributed by atoms with Crippen molar-refractivity contribution in [1.82, 2.24) is 15.2 Å². The summed E-state index contributed by atoms with van der Waals surface area (Å²) in [5.74, 6) is 1.42. The predicted molar refractivity (Wildman–Crippen MR) is 91.1 cm³/mol. The van der Waals surface area contributed by atoms with Gasteiger partial charge in [0.15, 0.2) is 0 Å². The highest BCUT2D eigenvalue weighted by Crippen LogP contribution is 2.21. The molecular weight excluding hydrogens is 322 g/mol. The van der Waals surface area contributed by atoms with Gasteiger partial charge in [0.1, 0.15) is 18.1 Å². The van der Waals surface area contributed by atoms with E-state index >= 15 is 0 Å². The molecule has 3 heterocycles. The summed E-state index contributed by atoms with van der Waals surface area (Å²) in [6.07, 6.45) is 5.93. The number of likely N-dealkylation sites (tertiary alicyclic amines) is 1. The highest BCUT2D eigenvalue weighted by Gasteiger charge is 2.33. The number of carbonyl (C=O) groups is 1. The van der Waals surface area contributed by atoms with Crippen molar-refractivity contribution < 1.29 is 18.7 Å². The van der Waals surface area contributed by atoms with E-state index in [4.69, 9.17) is 13.9 Å². The van der Waals surface area contributed by atoms with E-state index in [0.29, 0.717) is 26.2 Å². The molecule has 3 rings (SSSR count). The Kier molecular flexibility index (Phi) is 6.03.